The fraction of sp³-hybridized carbons (Fsp3) is 0.133. The fourth-order valence-corrected chi connectivity index (χ4v) is 4.73. The number of carboxylic acid groups (broad SMARTS) is 1. The topological polar surface area (TPSA) is 127 Å². The Morgan fingerprint density at radius 2 is 1.27 bits per heavy atom. The number of H-pyrrole nitrogens is 1. The second-order valence-corrected chi connectivity index (χ2v) is 9.63. The summed E-state index contributed by atoms with van der Waals surface area (Å²) in [7, 11) is 0. The Bertz CT molecular complexity index is 1770. The Morgan fingerprint density at radius 1 is 0.725 bits per heavy atom. The average molecular weight is 531 g/mol. The number of pyridine rings is 2. The van der Waals surface area contributed by atoms with Gasteiger partial charge >= 0.3 is 5.97 Å². The second kappa shape index (κ2) is 9.73. The molecule has 0 aliphatic heterocycles. The molecule has 6 aromatic rings. The maximum Gasteiger partial charge on any atom is 0.335 e. The zero-order valence-corrected chi connectivity index (χ0v) is 22.4. The molecule has 0 spiro atoms. The molecule has 10 heteroatoms. The van der Waals surface area contributed by atoms with Gasteiger partial charge in [0.05, 0.1) is 34.0 Å². The van der Waals surface area contributed by atoms with Crippen molar-refractivity contribution in [1.82, 2.24) is 39.5 Å². The molecule has 198 valence electrons. The summed E-state index contributed by atoms with van der Waals surface area (Å²) in [5.41, 5.74) is 7.30. The first-order valence-electron chi connectivity index (χ1n) is 12.7. The van der Waals surface area contributed by atoms with Gasteiger partial charge < -0.3 is 10.1 Å². The molecule has 0 bridgehead atoms. The van der Waals surface area contributed by atoms with Crippen LogP contribution in [0.15, 0.2) is 72.8 Å². The Morgan fingerprint density at radius 3 is 1.80 bits per heavy atom. The van der Waals surface area contributed by atoms with Gasteiger partial charge in [-0.15, -0.1) is 0 Å². The average Bonchev–Trinajstić information content (AvgIpc) is 3.64. The quantitative estimate of drug-likeness (QED) is 0.291. The highest BCUT2D eigenvalue weighted by Gasteiger charge is 2.20. The second-order valence-electron chi connectivity index (χ2n) is 9.63. The highest BCUT2D eigenvalue weighted by molar-refractivity contribution is 5.88. The number of hydrogen-bond acceptors (Lipinski definition) is 6. The number of imidazole rings is 1. The number of benzene rings is 1. The third-order valence-corrected chi connectivity index (χ3v) is 6.53. The standard InChI is InChI=1S/C30H26N8O2/c1-17-15-19(3)37(35-17)25-9-5-7-23(31-25)27-28(34-29(33-27)21-11-13-22(14-12-21)30(39)40)24-8-6-10-26(32-24)38-20(4)16-18(2)36-38/h5-16H,1-4H3,(H,33,34)(H,39,40). The SMILES string of the molecule is Cc1cc(C)n(-c2cccc(-c3nc(-c4ccc(C(=O)O)cc4)[nH]c3-c3cccc(-n4nc(C)cc4C)n3)n2)n1. The van der Waals surface area contributed by atoms with Crippen LogP contribution in [0.3, 0.4) is 0 Å². The summed E-state index contributed by atoms with van der Waals surface area (Å²) < 4.78 is 3.61. The van der Waals surface area contributed by atoms with Gasteiger partial charge in [-0.25, -0.2) is 29.1 Å². The molecule has 0 saturated carbocycles. The van der Waals surface area contributed by atoms with Crippen LogP contribution in [0.5, 0.6) is 0 Å². The Labute approximate surface area is 230 Å². The molecule has 10 nitrogen and oxygen atoms in total. The highest BCUT2D eigenvalue weighted by Crippen LogP contribution is 2.32. The molecule has 0 aliphatic rings. The molecule has 5 heterocycles. The van der Waals surface area contributed by atoms with Crippen molar-refractivity contribution in [3.8, 4) is 45.8 Å². The van der Waals surface area contributed by atoms with Crippen LogP contribution in [-0.2, 0) is 0 Å². The molecule has 1 aromatic carbocycles. The van der Waals surface area contributed by atoms with Crippen LogP contribution in [0, 0.1) is 27.7 Å². The van der Waals surface area contributed by atoms with E-state index in [1.54, 1.807) is 28.9 Å². The van der Waals surface area contributed by atoms with E-state index in [-0.39, 0.29) is 5.56 Å². The summed E-state index contributed by atoms with van der Waals surface area (Å²) in [6.45, 7) is 7.87. The van der Waals surface area contributed by atoms with Gasteiger partial charge in [-0.05, 0) is 76.2 Å². The van der Waals surface area contributed by atoms with Gasteiger partial charge in [0.1, 0.15) is 11.5 Å². The molecule has 0 atom stereocenters. The summed E-state index contributed by atoms with van der Waals surface area (Å²) in [4.78, 5) is 29.6. The summed E-state index contributed by atoms with van der Waals surface area (Å²) in [6, 6.07) is 22.1. The maximum absolute atomic E-state index is 11.4. The minimum absolute atomic E-state index is 0.203. The van der Waals surface area contributed by atoms with Crippen molar-refractivity contribution < 1.29 is 9.90 Å². The van der Waals surface area contributed by atoms with Gasteiger partial charge in [-0.1, -0.05) is 24.3 Å². The van der Waals surface area contributed by atoms with Crippen molar-refractivity contribution in [2.75, 3.05) is 0 Å². The predicted molar refractivity (Wildman–Crippen MR) is 151 cm³/mol. The molecule has 0 radical (unpaired) electrons. The fourth-order valence-electron chi connectivity index (χ4n) is 4.73. The first-order valence-corrected chi connectivity index (χ1v) is 12.7. The van der Waals surface area contributed by atoms with Crippen molar-refractivity contribution in [3.63, 3.8) is 0 Å². The number of rotatable bonds is 6. The molecule has 0 fully saturated rings. The van der Waals surface area contributed by atoms with Gasteiger partial charge in [-0.3, -0.25) is 0 Å². The zero-order chi connectivity index (χ0) is 28.0. The third-order valence-electron chi connectivity index (χ3n) is 6.53. The lowest BCUT2D eigenvalue weighted by molar-refractivity contribution is 0.0697. The lowest BCUT2D eigenvalue weighted by Gasteiger charge is -2.08. The van der Waals surface area contributed by atoms with Crippen molar-refractivity contribution in [2.45, 2.75) is 27.7 Å². The number of aromatic nitrogens is 8. The summed E-state index contributed by atoms with van der Waals surface area (Å²) in [6.07, 6.45) is 0. The Balaban J connectivity index is 1.51. The van der Waals surface area contributed by atoms with Crippen LogP contribution in [0.4, 0.5) is 0 Å². The van der Waals surface area contributed by atoms with Crippen LogP contribution in [0.1, 0.15) is 33.1 Å². The molecular weight excluding hydrogens is 504 g/mol. The lowest BCUT2D eigenvalue weighted by atomic mass is 10.1. The molecule has 5 aromatic heterocycles. The van der Waals surface area contributed by atoms with Gasteiger partial charge in [0.2, 0.25) is 0 Å². The van der Waals surface area contributed by atoms with Crippen LogP contribution in [0.2, 0.25) is 0 Å². The van der Waals surface area contributed by atoms with Crippen molar-refractivity contribution >= 4 is 5.97 Å². The van der Waals surface area contributed by atoms with Gasteiger partial charge in [0.25, 0.3) is 0 Å². The van der Waals surface area contributed by atoms with E-state index in [0.29, 0.717) is 40.2 Å². The minimum Gasteiger partial charge on any atom is -0.478 e. The van der Waals surface area contributed by atoms with E-state index in [1.807, 2.05) is 80.9 Å². The summed E-state index contributed by atoms with van der Waals surface area (Å²) >= 11 is 0. The van der Waals surface area contributed by atoms with E-state index in [4.69, 9.17) is 15.0 Å². The number of aromatic amines is 1. The van der Waals surface area contributed by atoms with Crippen LogP contribution >= 0.6 is 0 Å². The van der Waals surface area contributed by atoms with Crippen molar-refractivity contribution in [2.24, 2.45) is 0 Å². The van der Waals surface area contributed by atoms with E-state index in [2.05, 4.69) is 15.2 Å². The van der Waals surface area contributed by atoms with Crippen molar-refractivity contribution in [3.05, 3.63) is 101 Å². The largest absolute Gasteiger partial charge is 0.478 e. The zero-order valence-electron chi connectivity index (χ0n) is 22.4. The van der Waals surface area contributed by atoms with Crippen LogP contribution < -0.4 is 0 Å². The number of aryl methyl sites for hydroxylation is 4. The van der Waals surface area contributed by atoms with Crippen molar-refractivity contribution in [1.29, 1.82) is 0 Å². The van der Waals surface area contributed by atoms with E-state index in [9.17, 15) is 9.90 Å². The molecule has 40 heavy (non-hydrogen) atoms. The lowest BCUT2D eigenvalue weighted by Crippen LogP contribution is -2.04. The number of aromatic carboxylic acids is 1. The molecule has 0 saturated heterocycles. The highest BCUT2D eigenvalue weighted by atomic mass is 16.4. The molecular formula is C30H26N8O2. The van der Waals surface area contributed by atoms with E-state index >= 15 is 0 Å². The van der Waals surface area contributed by atoms with E-state index < -0.39 is 5.97 Å². The third kappa shape index (κ3) is 4.55. The van der Waals surface area contributed by atoms with E-state index in [1.165, 1.54) is 0 Å². The van der Waals surface area contributed by atoms with Gasteiger partial charge in [0, 0.05) is 17.0 Å². The molecule has 0 amide bonds. The predicted octanol–water partition coefficient (Wildman–Crippen LogP) is 5.50. The number of hydrogen-bond donors (Lipinski definition) is 2. The Kier molecular flexibility index (Phi) is 6.07. The van der Waals surface area contributed by atoms with Gasteiger partial charge in [-0.2, -0.15) is 10.2 Å². The number of carbonyl (C=O) groups is 1. The molecule has 6 rings (SSSR count). The minimum atomic E-state index is -0.984. The molecule has 0 unspecified atom stereocenters. The molecule has 2 N–H and O–H groups in total. The summed E-state index contributed by atoms with van der Waals surface area (Å²) in [5.74, 6) is 0.940. The van der Waals surface area contributed by atoms with Crippen LogP contribution in [-0.4, -0.2) is 50.6 Å². The summed E-state index contributed by atoms with van der Waals surface area (Å²) in [5, 5.41) is 18.5. The maximum atomic E-state index is 11.4. The first-order chi connectivity index (χ1) is 19.3. The number of nitrogens with zero attached hydrogens (tertiary/aromatic N) is 7. The Hall–Kier alpha value is -5.38. The molecule has 0 aliphatic carbocycles. The van der Waals surface area contributed by atoms with Crippen LogP contribution in [0.25, 0.3) is 45.8 Å². The monoisotopic (exact) mass is 530 g/mol. The van der Waals surface area contributed by atoms with E-state index in [0.717, 1.165) is 28.3 Å². The smallest absolute Gasteiger partial charge is 0.335 e. The van der Waals surface area contributed by atoms with Gasteiger partial charge in [0.15, 0.2) is 11.6 Å². The number of nitrogens with one attached hydrogen (secondary N) is 1. The first kappa shape index (κ1) is 24.9. The number of carboxylic acids is 1. The normalized spacial score (nSPS) is 11.2.